The average molecular weight is 421 g/mol. The van der Waals surface area contributed by atoms with E-state index >= 15 is 0 Å². The molecule has 148 valence electrons. The number of furan rings is 1. The number of rotatable bonds is 4. The van der Waals surface area contributed by atoms with E-state index < -0.39 is 15.9 Å². The van der Waals surface area contributed by atoms with Crippen molar-refractivity contribution >= 4 is 44.2 Å². The van der Waals surface area contributed by atoms with Crippen molar-refractivity contribution in [2.45, 2.75) is 25.7 Å². The van der Waals surface area contributed by atoms with Gasteiger partial charge in [-0.1, -0.05) is 23.7 Å². The standard InChI is InChI=1S/C20H21ClN2O4S/c1-11-9-14(28(25,26)23(4)5)10-17(12(11)2)22-20(24)18-13(3)15-7-6-8-16(21)19(15)27-18/h6-10H,1-5H3,(H,22,24). The zero-order chi connectivity index (χ0) is 20.8. The molecule has 0 saturated heterocycles. The quantitative estimate of drug-likeness (QED) is 0.673. The number of benzene rings is 2. The van der Waals surface area contributed by atoms with Crippen molar-refractivity contribution in [3.05, 3.63) is 57.8 Å². The van der Waals surface area contributed by atoms with Crippen molar-refractivity contribution in [1.82, 2.24) is 4.31 Å². The van der Waals surface area contributed by atoms with Crippen molar-refractivity contribution in [3.8, 4) is 0 Å². The lowest BCUT2D eigenvalue weighted by atomic mass is 10.1. The molecule has 0 bridgehead atoms. The summed E-state index contributed by atoms with van der Waals surface area (Å²) in [5, 5.41) is 3.96. The van der Waals surface area contributed by atoms with Crippen molar-refractivity contribution in [2.24, 2.45) is 0 Å². The Labute approximate surface area is 169 Å². The van der Waals surface area contributed by atoms with Gasteiger partial charge in [0.25, 0.3) is 5.91 Å². The third-order valence-electron chi connectivity index (χ3n) is 4.79. The number of fused-ring (bicyclic) bond motifs is 1. The van der Waals surface area contributed by atoms with Crippen LogP contribution in [-0.2, 0) is 10.0 Å². The van der Waals surface area contributed by atoms with Gasteiger partial charge in [-0.25, -0.2) is 12.7 Å². The molecule has 1 heterocycles. The van der Waals surface area contributed by atoms with E-state index in [0.717, 1.165) is 20.8 Å². The van der Waals surface area contributed by atoms with E-state index in [4.69, 9.17) is 16.0 Å². The Morgan fingerprint density at radius 2 is 1.79 bits per heavy atom. The summed E-state index contributed by atoms with van der Waals surface area (Å²) in [5.41, 5.74) is 3.06. The lowest BCUT2D eigenvalue weighted by Gasteiger charge is -2.16. The number of nitrogens with zero attached hydrogens (tertiary/aromatic N) is 1. The van der Waals surface area contributed by atoms with Crippen molar-refractivity contribution in [2.75, 3.05) is 19.4 Å². The Kier molecular flexibility index (Phi) is 5.27. The number of anilines is 1. The summed E-state index contributed by atoms with van der Waals surface area (Å²) in [4.78, 5) is 13.0. The topological polar surface area (TPSA) is 79.6 Å². The van der Waals surface area contributed by atoms with Gasteiger partial charge in [0.05, 0.1) is 9.92 Å². The first-order valence-corrected chi connectivity index (χ1v) is 10.4. The highest BCUT2D eigenvalue weighted by Gasteiger charge is 2.23. The molecule has 6 nitrogen and oxygen atoms in total. The summed E-state index contributed by atoms with van der Waals surface area (Å²) < 4.78 is 31.8. The lowest BCUT2D eigenvalue weighted by molar-refractivity contribution is 0.0998. The van der Waals surface area contributed by atoms with Gasteiger partial charge in [0.2, 0.25) is 10.0 Å². The van der Waals surface area contributed by atoms with E-state index in [2.05, 4.69) is 5.32 Å². The summed E-state index contributed by atoms with van der Waals surface area (Å²) in [6.07, 6.45) is 0. The molecular formula is C20H21ClN2O4S. The Bertz CT molecular complexity index is 1200. The minimum Gasteiger partial charge on any atom is -0.449 e. The van der Waals surface area contributed by atoms with Crippen LogP contribution in [0.1, 0.15) is 27.2 Å². The van der Waals surface area contributed by atoms with E-state index in [1.807, 2.05) is 13.0 Å². The van der Waals surface area contributed by atoms with Crippen molar-refractivity contribution in [3.63, 3.8) is 0 Å². The van der Waals surface area contributed by atoms with Crippen molar-refractivity contribution < 1.29 is 17.6 Å². The van der Waals surface area contributed by atoms with Crippen LogP contribution in [0.4, 0.5) is 5.69 Å². The summed E-state index contributed by atoms with van der Waals surface area (Å²) in [6.45, 7) is 5.40. The highest BCUT2D eigenvalue weighted by atomic mass is 35.5. The molecule has 0 fully saturated rings. The number of halogens is 1. The normalized spacial score (nSPS) is 12.0. The van der Waals surface area contributed by atoms with Gasteiger partial charge in [-0.3, -0.25) is 4.79 Å². The summed E-state index contributed by atoms with van der Waals surface area (Å²) in [7, 11) is -0.707. The summed E-state index contributed by atoms with van der Waals surface area (Å²) in [6, 6.07) is 8.36. The molecule has 3 aromatic rings. The maximum atomic E-state index is 12.9. The van der Waals surface area contributed by atoms with Gasteiger partial charge in [0.15, 0.2) is 11.3 Å². The molecule has 0 atom stereocenters. The van der Waals surface area contributed by atoms with Gasteiger partial charge in [-0.05, 0) is 50.1 Å². The minimum atomic E-state index is -3.63. The highest BCUT2D eigenvalue weighted by molar-refractivity contribution is 7.89. The van der Waals surface area contributed by atoms with E-state index in [0.29, 0.717) is 21.9 Å². The monoisotopic (exact) mass is 420 g/mol. The largest absolute Gasteiger partial charge is 0.449 e. The first-order valence-electron chi connectivity index (χ1n) is 8.56. The second kappa shape index (κ2) is 7.24. The van der Waals surface area contributed by atoms with Crippen LogP contribution in [0, 0.1) is 20.8 Å². The highest BCUT2D eigenvalue weighted by Crippen LogP contribution is 2.32. The average Bonchev–Trinajstić information content (AvgIpc) is 2.97. The molecule has 1 amide bonds. The number of sulfonamides is 1. The predicted molar refractivity (Wildman–Crippen MR) is 111 cm³/mol. The fraction of sp³-hybridized carbons (Fsp3) is 0.250. The molecule has 0 aliphatic rings. The summed E-state index contributed by atoms with van der Waals surface area (Å²) in [5.74, 6) is -0.326. The second-order valence-corrected chi connectivity index (χ2v) is 9.39. The molecule has 8 heteroatoms. The van der Waals surface area contributed by atoms with Gasteiger partial charge in [-0.2, -0.15) is 0 Å². The number of aryl methyl sites for hydroxylation is 2. The molecule has 3 rings (SSSR count). The number of carbonyl (C=O) groups is 1. The number of para-hydroxylation sites is 1. The number of hydrogen-bond donors (Lipinski definition) is 1. The predicted octanol–water partition coefficient (Wildman–Crippen LogP) is 4.51. The van der Waals surface area contributed by atoms with Crippen molar-refractivity contribution in [1.29, 1.82) is 0 Å². The Morgan fingerprint density at radius 3 is 2.39 bits per heavy atom. The number of nitrogens with one attached hydrogen (secondary N) is 1. The maximum absolute atomic E-state index is 12.9. The number of hydrogen-bond acceptors (Lipinski definition) is 4. The van der Waals surface area contributed by atoms with Gasteiger partial charge in [0.1, 0.15) is 0 Å². The maximum Gasteiger partial charge on any atom is 0.291 e. The zero-order valence-electron chi connectivity index (χ0n) is 16.3. The molecule has 0 radical (unpaired) electrons. The third kappa shape index (κ3) is 3.41. The molecule has 2 aromatic carbocycles. The SMILES string of the molecule is Cc1cc(S(=O)(=O)N(C)C)cc(NC(=O)c2oc3c(Cl)cccc3c2C)c1C. The number of carbonyl (C=O) groups excluding carboxylic acids is 1. The molecule has 0 unspecified atom stereocenters. The molecule has 28 heavy (non-hydrogen) atoms. The van der Waals surface area contributed by atoms with Crippen LogP contribution in [0.25, 0.3) is 11.0 Å². The molecule has 0 aliphatic carbocycles. The Morgan fingerprint density at radius 1 is 1.11 bits per heavy atom. The fourth-order valence-electron chi connectivity index (χ4n) is 2.92. The second-order valence-electron chi connectivity index (χ2n) is 6.83. The Balaban J connectivity index is 2.05. The number of amides is 1. The Hall–Kier alpha value is -2.35. The van der Waals surface area contributed by atoms with Crippen LogP contribution in [0.5, 0.6) is 0 Å². The molecular weight excluding hydrogens is 400 g/mol. The summed E-state index contributed by atoms with van der Waals surface area (Å²) >= 11 is 6.16. The molecule has 1 N–H and O–H groups in total. The van der Waals surface area contributed by atoms with Crippen LogP contribution in [0.15, 0.2) is 39.6 Å². The van der Waals surface area contributed by atoms with Crippen LogP contribution < -0.4 is 5.32 Å². The minimum absolute atomic E-state index is 0.111. The van der Waals surface area contributed by atoms with Crippen LogP contribution in [0.3, 0.4) is 0 Å². The van der Waals surface area contributed by atoms with E-state index in [9.17, 15) is 13.2 Å². The molecule has 0 aliphatic heterocycles. The van der Waals surface area contributed by atoms with Crippen LogP contribution in [0.2, 0.25) is 5.02 Å². The van der Waals surface area contributed by atoms with Gasteiger partial charge >= 0.3 is 0 Å². The molecule has 0 spiro atoms. The van der Waals surface area contributed by atoms with Crippen LogP contribution >= 0.6 is 11.6 Å². The van der Waals surface area contributed by atoms with Gasteiger partial charge in [0, 0.05) is 30.7 Å². The fourth-order valence-corrected chi connectivity index (χ4v) is 4.15. The smallest absolute Gasteiger partial charge is 0.291 e. The third-order valence-corrected chi connectivity index (χ3v) is 6.88. The van der Waals surface area contributed by atoms with E-state index in [1.54, 1.807) is 32.0 Å². The van der Waals surface area contributed by atoms with Crippen LogP contribution in [-0.4, -0.2) is 32.7 Å². The van der Waals surface area contributed by atoms with Gasteiger partial charge < -0.3 is 9.73 Å². The lowest BCUT2D eigenvalue weighted by Crippen LogP contribution is -2.23. The van der Waals surface area contributed by atoms with Gasteiger partial charge in [-0.15, -0.1) is 0 Å². The zero-order valence-corrected chi connectivity index (χ0v) is 17.8. The van der Waals surface area contributed by atoms with E-state index in [-0.39, 0.29) is 10.7 Å². The molecule has 0 saturated carbocycles. The first-order chi connectivity index (χ1) is 13.0. The first kappa shape index (κ1) is 20.4. The molecule has 1 aromatic heterocycles. The van der Waals surface area contributed by atoms with E-state index in [1.165, 1.54) is 20.2 Å².